The molecule has 0 aromatic heterocycles. The molecule has 0 aliphatic heterocycles. The van der Waals surface area contributed by atoms with E-state index < -0.39 is 0 Å². The first-order valence-electron chi connectivity index (χ1n) is 7.35. The summed E-state index contributed by atoms with van der Waals surface area (Å²) in [6.07, 6.45) is 8.25. The van der Waals surface area contributed by atoms with Crippen LogP contribution >= 0.6 is 0 Å². The highest BCUT2D eigenvalue weighted by Crippen LogP contribution is 2.42. The van der Waals surface area contributed by atoms with Crippen molar-refractivity contribution in [3.63, 3.8) is 0 Å². The third-order valence-electron chi connectivity index (χ3n) is 3.97. The minimum Gasteiger partial charge on any atom is -0.469 e. The fourth-order valence-electron chi connectivity index (χ4n) is 3.26. The minimum atomic E-state index is -0.102. The van der Waals surface area contributed by atoms with E-state index in [0.717, 1.165) is 25.4 Å². The summed E-state index contributed by atoms with van der Waals surface area (Å²) in [5.74, 6) is 0.675. The van der Waals surface area contributed by atoms with Crippen molar-refractivity contribution in [2.75, 3.05) is 20.2 Å². The Hall–Kier alpha value is -0.570. The van der Waals surface area contributed by atoms with Crippen LogP contribution in [0.5, 0.6) is 0 Å². The van der Waals surface area contributed by atoms with Gasteiger partial charge in [-0.15, -0.1) is 0 Å². The van der Waals surface area contributed by atoms with Gasteiger partial charge in [0.05, 0.1) is 7.11 Å². The van der Waals surface area contributed by atoms with Crippen LogP contribution in [0.25, 0.3) is 0 Å². The van der Waals surface area contributed by atoms with E-state index in [1.807, 2.05) is 0 Å². The maximum absolute atomic E-state index is 11.0. The van der Waals surface area contributed by atoms with Gasteiger partial charge in [-0.1, -0.05) is 26.7 Å². The number of ether oxygens (including phenoxy) is 1. The lowest BCUT2D eigenvalue weighted by atomic mass is 9.78. The second-order valence-electron chi connectivity index (χ2n) is 6.16. The lowest BCUT2D eigenvalue weighted by Gasteiger charge is -2.31. The Morgan fingerprint density at radius 1 is 1.33 bits per heavy atom. The maximum atomic E-state index is 11.0. The van der Waals surface area contributed by atoms with Crippen LogP contribution in [-0.4, -0.2) is 26.2 Å². The van der Waals surface area contributed by atoms with Crippen LogP contribution in [0.15, 0.2) is 0 Å². The van der Waals surface area contributed by atoms with Gasteiger partial charge < -0.3 is 10.1 Å². The lowest BCUT2D eigenvalue weighted by Crippen LogP contribution is -2.34. The van der Waals surface area contributed by atoms with Crippen LogP contribution in [0, 0.1) is 11.3 Å². The van der Waals surface area contributed by atoms with Gasteiger partial charge in [0.15, 0.2) is 0 Å². The van der Waals surface area contributed by atoms with E-state index in [0.29, 0.717) is 11.8 Å². The highest BCUT2D eigenvalue weighted by Gasteiger charge is 2.33. The molecule has 0 heterocycles. The van der Waals surface area contributed by atoms with E-state index in [4.69, 9.17) is 0 Å². The minimum absolute atomic E-state index is 0.102. The Bertz CT molecular complexity index is 245. The van der Waals surface area contributed by atoms with Gasteiger partial charge in [-0.05, 0) is 43.6 Å². The molecule has 106 valence electrons. The smallest absolute Gasteiger partial charge is 0.305 e. The van der Waals surface area contributed by atoms with Crippen molar-refractivity contribution in [2.24, 2.45) is 11.3 Å². The van der Waals surface area contributed by atoms with Gasteiger partial charge in [-0.2, -0.15) is 0 Å². The Labute approximate surface area is 112 Å². The normalized spacial score (nSPS) is 18.2. The van der Waals surface area contributed by atoms with Crippen molar-refractivity contribution in [3.8, 4) is 0 Å². The van der Waals surface area contributed by atoms with Crippen molar-refractivity contribution in [1.29, 1.82) is 0 Å². The molecule has 1 saturated carbocycles. The third-order valence-corrected chi connectivity index (χ3v) is 3.97. The molecule has 1 N–H and O–H groups in total. The summed E-state index contributed by atoms with van der Waals surface area (Å²) < 4.78 is 4.64. The van der Waals surface area contributed by atoms with Crippen molar-refractivity contribution >= 4 is 5.97 Å². The van der Waals surface area contributed by atoms with Gasteiger partial charge in [0.1, 0.15) is 0 Å². The van der Waals surface area contributed by atoms with Gasteiger partial charge in [0.25, 0.3) is 0 Å². The first-order chi connectivity index (χ1) is 8.58. The second kappa shape index (κ2) is 7.78. The molecule has 0 unspecified atom stereocenters. The van der Waals surface area contributed by atoms with Crippen LogP contribution in [0.3, 0.4) is 0 Å². The molecule has 0 spiro atoms. The summed E-state index contributed by atoms with van der Waals surface area (Å²) >= 11 is 0. The zero-order valence-corrected chi connectivity index (χ0v) is 12.3. The topological polar surface area (TPSA) is 38.3 Å². The molecule has 0 atom stereocenters. The van der Waals surface area contributed by atoms with Crippen LogP contribution < -0.4 is 5.32 Å². The summed E-state index contributed by atoms with van der Waals surface area (Å²) in [5.41, 5.74) is 0.527. The van der Waals surface area contributed by atoms with Crippen LogP contribution in [0.2, 0.25) is 0 Å². The number of esters is 1. The summed E-state index contributed by atoms with van der Waals surface area (Å²) in [5, 5.41) is 3.55. The molecule has 0 amide bonds. The molecule has 3 heteroatoms. The van der Waals surface area contributed by atoms with E-state index in [9.17, 15) is 4.79 Å². The van der Waals surface area contributed by atoms with Crippen molar-refractivity contribution in [2.45, 2.75) is 58.8 Å². The van der Waals surface area contributed by atoms with Crippen molar-refractivity contribution in [1.82, 2.24) is 5.32 Å². The molecule has 1 fully saturated rings. The van der Waals surface area contributed by atoms with Gasteiger partial charge >= 0.3 is 5.97 Å². The fraction of sp³-hybridized carbons (Fsp3) is 0.933. The van der Waals surface area contributed by atoms with Crippen LogP contribution in [0.4, 0.5) is 0 Å². The summed E-state index contributed by atoms with van der Waals surface area (Å²) in [6, 6.07) is 0. The SMILES string of the molecule is COC(=O)CCCNCC1(CC(C)C)CCCC1. The summed E-state index contributed by atoms with van der Waals surface area (Å²) in [6.45, 7) is 6.68. The Kier molecular flexibility index (Phi) is 6.69. The van der Waals surface area contributed by atoms with E-state index in [1.54, 1.807) is 0 Å². The van der Waals surface area contributed by atoms with E-state index >= 15 is 0 Å². The monoisotopic (exact) mass is 255 g/mol. The summed E-state index contributed by atoms with van der Waals surface area (Å²) in [7, 11) is 1.45. The number of rotatable bonds is 8. The number of carbonyl (C=O) groups is 1. The molecule has 18 heavy (non-hydrogen) atoms. The second-order valence-corrected chi connectivity index (χ2v) is 6.16. The summed E-state index contributed by atoms with van der Waals surface area (Å²) in [4.78, 5) is 11.0. The molecular weight excluding hydrogens is 226 g/mol. The van der Waals surface area contributed by atoms with Gasteiger partial charge in [-0.25, -0.2) is 0 Å². The fourth-order valence-corrected chi connectivity index (χ4v) is 3.26. The molecule has 0 saturated heterocycles. The maximum Gasteiger partial charge on any atom is 0.305 e. The number of nitrogens with one attached hydrogen (secondary N) is 1. The van der Waals surface area contributed by atoms with Crippen molar-refractivity contribution in [3.05, 3.63) is 0 Å². The molecule has 1 aliphatic carbocycles. The highest BCUT2D eigenvalue weighted by molar-refractivity contribution is 5.69. The quantitative estimate of drug-likeness (QED) is 0.535. The van der Waals surface area contributed by atoms with Gasteiger partial charge in [0.2, 0.25) is 0 Å². The van der Waals surface area contributed by atoms with E-state index in [2.05, 4.69) is 23.9 Å². The van der Waals surface area contributed by atoms with Crippen LogP contribution in [0.1, 0.15) is 58.8 Å². The average molecular weight is 255 g/mol. The first kappa shape index (κ1) is 15.5. The largest absolute Gasteiger partial charge is 0.469 e. The molecule has 0 radical (unpaired) electrons. The number of hydrogen-bond donors (Lipinski definition) is 1. The van der Waals surface area contributed by atoms with Crippen molar-refractivity contribution < 1.29 is 9.53 Å². The van der Waals surface area contributed by atoms with E-state index in [-0.39, 0.29) is 5.97 Å². The molecule has 1 rings (SSSR count). The van der Waals surface area contributed by atoms with E-state index in [1.165, 1.54) is 39.2 Å². The number of hydrogen-bond acceptors (Lipinski definition) is 3. The predicted molar refractivity (Wildman–Crippen MR) is 74.5 cm³/mol. The van der Waals surface area contributed by atoms with Gasteiger partial charge in [0, 0.05) is 13.0 Å². The molecule has 0 aromatic carbocycles. The first-order valence-corrected chi connectivity index (χ1v) is 7.35. The van der Waals surface area contributed by atoms with Crippen LogP contribution in [-0.2, 0) is 9.53 Å². The molecule has 0 aromatic rings. The predicted octanol–water partition coefficient (Wildman–Crippen LogP) is 3.14. The van der Waals surface area contributed by atoms with Gasteiger partial charge in [-0.3, -0.25) is 4.79 Å². The zero-order chi connectivity index (χ0) is 13.4. The third kappa shape index (κ3) is 5.38. The average Bonchev–Trinajstić information content (AvgIpc) is 2.76. The molecule has 3 nitrogen and oxygen atoms in total. The number of carbonyl (C=O) groups excluding carboxylic acids is 1. The molecular formula is C15H29NO2. The Morgan fingerprint density at radius 2 is 2.00 bits per heavy atom. The number of methoxy groups -OCH3 is 1. The Balaban J connectivity index is 2.20. The lowest BCUT2D eigenvalue weighted by molar-refractivity contribution is -0.140. The zero-order valence-electron chi connectivity index (χ0n) is 12.3. The molecule has 0 bridgehead atoms. The standard InChI is InChI=1S/C15H29NO2/c1-13(2)11-15(8-4-5-9-15)12-16-10-6-7-14(17)18-3/h13,16H,4-12H2,1-3H3. The molecule has 1 aliphatic rings. The highest BCUT2D eigenvalue weighted by atomic mass is 16.5. The Morgan fingerprint density at radius 3 is 2.56 bits per heavy atom.